The minimum absolute atomic E-state index is 0.0718. The number of hydrogen-bond donors (Lipinski definition) is 1. The lowest BCUT2D eigenvalue weighted by atomic mass is 10.0. The molecule has 0 fully saturated rings. The van der Waals surface area contributed by atoms with Gasteiger partial charge in [-0.3, -0.25) is 0 Å². The Hall–Kier alpha value is -2.53. The zero-order valence-corrected chi connectivity index (χ0v) is 13.1. The van der Waals surface area contributed by atoms with E-state index in [-0.39, 0.29) is 6.10 Å². The van der Waals surface area contributed by atoms with Crippen molar-refractivity contribution in [2.45, 2.75) is 12.5 Å². The second kappa shape index (κ2) is 7.15. The fraction of sp³-hybridized carbons (Fsp3) is 0.278. The number of ether oxygens (including phenoxy) is 2. The molecule has 0 saturated carbocycles. The summed E-state index contributed by atoms with van der Waals surface area (Å²) in [7, 11) is 1.66. The van der Waals surface area contributed by atoms with Crippen molar-refractivity contribution in [2.24, 2.45) is 10.9 Å². The maximum atomic E-state index is 5.95. The molecule has 0 amide bonds. The van der Waals surface area contributed by atoms with E-state index in [0.717, 1.165) is 34.8 Å². The molecule has 1 heterocycles. The molecule has 1 unspecified atom stereocenters. The summed E-state index contributed by atoms with van der Waals surface area (Å²) in [6, 6.07) is 15.9. The van der Waals surface area contributed by atoms with Crippen molar-refractivity contribution in [2.75, 3.05) is 20.3 Å². The number of nitrogens with zero attached hydrogens (tertiary/aromatic N) is 1. The van der Waals surface area contributed by atoms with E-state index in [2.05, 4.69) is 5.16 Å². The van der Waals surface area contributed by atoms with Gasteiger partial charge in [0.25, 0.3) is 0 Å². The van der Waals surface area contributed by atoms with E-state index in [1.807, 2.05) is 48.5 Å². The molecular formula is C18H20N2O3. The highest BCUT2D eigenvalue weighted by atomic mass is 16.7. The normalized spacial score (nSPS) is 16.6. The van der Waals surface area contributed by atoms with Crippen LogP contribution in [0.3, 0.4) is 0 Å². The molecule has 5 nitrogen and oxygen atoms in total. The Morgan fingerprint density at radius 1 is 1.17 bits per heavy atom. The number of benzene rings is 2. The standard InChI is InChI=1S/C18H20N2O3/c1-21-15-8-6-13(7-9-15)17-4-2-3-5-18(17)22-12-16-10-14(11-19)20-23-16/h2-9,16H,10-12,19H2,1H3. The van der Waals surface area contributed by atoms with Gasteiger partial charge in [-0.2, -0.15) is 0 Å². The molecule has 2 aromatic carbocycles. The van der Waals surface area contributed by atoms with Crippen molar-refractivity contribution in [3.63, 3.8) is 0 Å². The van der Waals surface area contributed by atoms with Gasteiger partial charge in [0, 0.05) is 18.5 Å². The van der Waals surface area contributed by atoms with Crippen LogP contribution in [0.1, 0.15) is 6.42 Å². The Kier molecular flexibility index (Phi) is 4.78. The molecule has 0 spiro atoms. The molecule has 3 rings (SSSR count). The first-order chi connectivity index (χ1) is 11.3. The number of rotatable bonds is 6. The molecule has 0 aliphatic carbocycles. The molecule has 0 radical (unpaired) electrons. The van der Waals surface area contributed by atoms with Crippen LogP contribution < -0.4 is 15.2 Å². The average Bonchev–Trinajstić information content (AvgIpc) is 3.08. The van der Waals surface area contributed by atoms with Crippen LogP contribution in [-0.4, -0.2) is 32.1 Å². The Balaban J connectivity index is 1.70. The van der Waals surface area contributed by atoms with Crippen LogP contribution in [0.4, 0.5) is 0 Å². The zero-order valence-electron chi connectivity index (χ0n) is 13.1. The van der Waals surface area contributed by atoms with Crippen LogP contribution in [0.5, 0.6) is 11.5 Å². The Morgan fingerprint density at radius 3 is 2.65 bits per heavy atom. The topological polar surface area (TPSA) is 66.1 Å². The summed E-state index contributed by atoms with van der Waals surface area (Å²) in [5.41, 5.74) is 8.55. The first-order valence-corrected chi connectivity index (χ1v) is 7.58. The molecule has 1 aliphatic heterocycles. The van der Waals surface area contributed by atoms with Crippen molar-refractivity contribution in [1.29, 1.82) is 0 Å². The monoisotopic (exact) mass is 312 g/mol. The summed E-state index contributed by atoms with van der Waals surface area (Å²) in [6.45, 7) is 0.874. The third-order valence-corrected chi connectivity index (χ3v) is 3.74. The van der Waals surface area contributed by atoms with Crippen molar-refractivity contribution >= 4 is 5.71 Å². The van der Waals surface area contributed by atoms with Gasteiger partial charge in [0.05, 0.1) is 12.8 Å². The van der Waals surface area contributed by atoms with Crippen LogP contribution in [0.2, 0.25) is 0 Å². The highest BCUT2D eigenvalue weighted by Gasteiger charge is 2.21. The Labute approximate surface area is 135 Å². The lowest BCUT2D eigenvalue weighted by Gasteiger charge is -2.14. The molecule has 1 aliphatic rings. The SMILES string of the molecule is COc1ccc(-c2ccccc2OCC2CC(CN)=NO2)cc1. The van der Waals surface area contributed by atoms with Crippen molar-refractivity contribution in [1.82, 2.24) is 0 Å². The van der Waals surface area contributed by atoms with Gasteiger partial charge in [-0.15, -0.1) is 0 Å². The predicted octanol–water partition coefficient (Wildman–Crippen LogP) is 2.84. The lowest BCUT2D eigenvalue weighted by molar-refractivity contribution is 0.0472. The van der Waals surface area contributed by atoms with Gasteiger partial charge < -0.3 is 20.0 Å². The zero-order chi connectivity index (χ0) is 16.1. The van der Waals surface area contributed by atoms with E-state index in [4.69, 9.17) is 20.0 Å². The predicted molar refractivity (Wildman–Crippen MR) is 89.9 cm³/mol. The molecule has 0 bridgehead atoms. The molecule has 0 aromatic heterocycles. The summed E-state index contributed by atoms with van der Waals surface area (Å²) >= 11 is 0. The maximum Gasteiger partial charge on any atom is 0.166 e. The fourth-order valence-electron chi connectivity index (χ4n) is 2.48. The summed E-state index contributed by atoms with van der Waals surface area (Å²) in [6.07, 6.45) is 0.652. The molecule has 23 heavy (non-hydrogen) atoms. The van der Waals surface area contributed by atoms with E-state index in [1.54, 1.807) is 7.11 Å². The quantitative estimate of drug-likeness (QED) is 0.890. The van der Waals surface area contributed by atoms with Crippen LogP contribution in [0, 0.1) is 0 Å². The van der Waals surface area contributed by atoms with Crippen LogP contribution in [-0.2, 0) is 4.84 Å². The largest absolute Gasteiger partial charge is 0.497 e. The van der Waals surface area contributed by atoms with Crippen molar-refractivity contribution in [3.8, 4) is 22.6 Å². The van der Waals surface area contributed by atoms with Crippen LogP contribution >= 0.6 is 0 Å². The summed E-state index contributed by atoms with van der Waals surface area (Å²) in [4.78, 5) is 5.32. The molecule has 0 saturated heterocycles. The van der Waals surface area contributed by atoms with Crippen molar-refractivity contribution in [3.05, 3.63) is 48.5 Å². The first kappa shape index (κ1) is 15.4. The number of hydrogen-bond acceptors (Lipinski definition) is 5. The molecule has 2 aromatic rings. The van der Waals surface area contributed by atoms with Gasteiger partial charge in [-0.25, -0.2) is 0 Å². The lowest BCUT2D eigenvalue weighted by Crippen LogP contribution is -2.20. The second-order valence-corrected chi connectivity index (χ2v) is 5.33. The summed E-state index contributed by atoms with van der Waals surface area (Å²) in [5.74, 6) is 1.65. The van der Waals surface area contributed by atoms with E-state index < -0.39 is 0 Å². The van der Waals surface area contributed by atoms with Crippen molar-refractivity contribution < 1.29 is 14.3 Å². The van der Waals surface area contributed by atoms with Crippen LogP contribution in [0.15, 0.2) is 53.7 Å². The molecule has 120 valence electrons. The van der Waals surface area contributed by atoms with Gasteiger partial charge in [0.2, 0.25) is 0 Å². The number of methoxy groups -OCH3 is 1. The fourth-order valence-corrected chi connectivity index (χ4v) is 2.48. The van der Waals surface area contributed by atoms with Gasteiger partial charge in [-0.05, 0) is 23.8 Å². The number of nitrogens with two attached hydrogens (primary N) is 1. The Bertz CT molecular complexity index is 683. The highest BCUT2D eigenvalue weighted by Crippen LogP contribution is 2.31. The molecule has 5 heteroatoms. The highest BCUT2D eigenvalue weighted by molar-refractivity contribution is 5.87. The maximum absolute atomic E-state index is 5.95. The molecule has 1 atom stereocenters. The van der Waals surface area contributed by atoms with Gasteiger partial charge in [-0.1, -0.05) is 35.5 Å². The number of oxime groups is 1. The minimum atomic E-state index is -0.0718. The van der Waals surface area contributed by atoms with E-state index in [0.29, 0.717) is 13.2 Å². The van der Waals surface area contributed by atoms with Gasteiger partial charge in [0.1, 0.15) is 18.1 Å². The van der Waals surface area contributed by atoms with Gasteiger partial charge in [0.15, 0.2) is 6.10 Å². The second-order valence-electron chi connectivity index (χ2n) is 5.33. The summed E-state index contributed by atoms with van der Waals surface area (Å²) < 4.78 is 11.2. The average molecular weight is 312 g/mol. The third-order valence-electron chi connectivity index (χ3n) is 3.74. The number of para-hydroxylation sites is 1. The van der Waals surface area contributed by atoms with E-state index in [9.17, 15) is 0 Å². The first-order valence-electron chi connectivity index (χ1n) is 7.58. The smallest absolute Gasteiger partial charge is 0.166 e. The summed E-state index contributed by atoms with van der Waals surface area (Å²) in [5, 5.41) is 3.95. The van der Waals surface area contributed by atoms with E-state index >= 15 is 0 Å². The minimum Gasteiger partial charge on any atom is -0.497 e. The van der Waals surface area contributed by atoms with Gasteiger partial charge >= 0.3 is 0 Å². The molecular weight excluding hydrogens is 292 g/mol. The Morgan fingerprint density at radius 2 is 1.96 bits per heavy atom. The van der Waals surface area contributed by atoms with E-state index in [1.165, 1.54) is 0 Å². The third kappa shape index (κ3) is 3.63. The van der Waals surface area contributed by atoms with Crippen LogP contribution in [0.25, 0.3) is 11.1 Å². The molecule has 2 N–H and O–H groups in total.